The van der Waals surface area contributed by atoms with E-state index in [4.69, 9.17) is 0 Å². The second-order valence-corrected chi connectivity index (χ2v) is 5.97. The summed E-state index contributed by atoms with van der Waals surface area (Å²) in [5.41, 5.74) is 0. The number of nitrogens with zero attached hydrogens (tertiary/aromatic N) is 2. The number of amides is 1. The van der Waals surface area contributed by atoms with Crippen LogP contribution >= 0.6 is 0 Å². The number of rotatable bonds is 7. The highest BCUT2D eigenvalue weighted by molar-refractivity contribution is 5.84. The number of likely N-dealkylation sites (tertiary alicyclic amines) is 1. The van der Waals surface area contributed by atoms with Crippen molar-refractivity contribution < 1.29 is 4.79 Å². The van der Waals surface area contributed by atoms with Crippen molar-refractivity contribution >= 4 is 5.91 Å². The third kappa shape index (κ3) is 3.93. The van der Waals surface area contributed by atoms with Gasteiger partial charge in [-0.1, -0.05) is 19.8 Å². The van der Waals surface area contributed by atoms with Gasteiger partial charge in [0.1, 0.15) is 0 Å². The average molecular weight is 267 g/mol. The van der Waals surface area contributed by atoms with Crippen LogP contribution in [0.5, 0.6) is 0 Å². The maximum atomic E-state index is 12.3. The van der Waals surface area contributed by atoms with Crippen molar-refractivity contribution in [3.8, 4) is 0 Å². The van der Waals surface area contributed by atoms with Crippen molar-refractivity contribution in [1.29, 1.82) is 0 Å². The zero-order valence-corrected chi connectivity index (χ0v) is 12.5. The third-order valence-electron chi connectivity index (χ3n) is 4.41. The van der Waals surface area contributed by atoms with E-state index >= 15 is 0 Å². The van der Waals surface area contributed by atoms with Crippen LogP contribution in [0.1, 0.15) is 52.4 Å². The Hall–Kier alpha value is -0.610. The fourth-order valence-corrected chi connectivity index (χ4v) is 3.23. The first-order chi connectivity index (χ1) is 9.22. The molecule has 110 valence electrons. The Morgan fingerprint density at radius 2 is 1.95 bits per heavy atom. The fourth-order valence-electron chi connectivity index (χ4n) is 3.23. The van der Waals surface area contributed by atoms with E-state index in [0.717, 1.165) is 38.8 Å². The second-order valence-electron chi connectivity index (χ2n) is 5.97. The topological polar surface area (TPSA) is 35.6 Å². The Labute approximate surface area is 117 Å². The Kier molecular flexibility index (Phi) is 5.64. The van der Waals surface area contributed by atoms with E-state index in [1.807, 2.05) is 4.90 Å². The molecule has 0 bridgehead atoms. The van der Waals surface area contributed by atoms with E-state index in [-0.39, 0.29) is 12.2 Å². The van der Waals surface area contributed by atoms with Gasteiger partial charge < -0.3 is 9.80 Å². The molecule has 0 aromatic rings. The number of nitrogens with one attached hydrogen (secondary N) is 1. The first-order valence-electron chi connectivity index (χ1n) is 8.01. The van der Waals surface area contributed by atoms with Crippen LogP contribution in [-0.4, -0.2) is 54.1 Å². The van der Waals surface area contributed by atoms with Crippen molar-refractivity contribution in [2.24, 2.45) is 0 Å². The predicted molar refractivity (Wildman–Crippen MR) is 77.9 cm³/mol. The lowest BCUT2D eigenvalue weighted by molar-refractivity contribution is -0.130. The molecule has 2 unspecified atom stereocenters. The molecule has 0 spiro atoms. The van der Waals surface area contributed by atoms with Gasteiger partial charge in [0, 0.05) is 6.54 Å². The smallest absolute Gasteiger partial charge is 0.241 e. The zero-order valence-electron chi connectivity index (χ0n) is 12.5. The number of hydrogen-bond donors (Lipinski definition) is 1. The van der Waals surface area contributed by atoms with Gasteiger partial charge in [-0.15, -0.1) is 0 Å². The van der Waals surface area contributed by atoms with Crippen LogP contribution in [0.4, 0.5) is 0 Å². The number of carbonyl (C=O) groups excluding carboxylic acids is 1. The number of carbonyl (C=O) groups is 1. The standard InChI is InChI=1S/C15H29N3O/c1-3-4-8-14-15(19)18(13(2)16-14)12-7-11-17-9-5-6-10-17/h13-14,16H,3-12H2,1-2H3. The second kappa shape index (κ2) is 7.25. The summed E-state index contributed by atoms with van der Waals surface area (Å²) in [6.07, 6.45) is 7.31. The summed E-state index contributed by atoms with van der Waals surface area (Å²) in [6.45, 7) is 8.85. The molecule has 4 nitrogen and oxygen atoms in total. The molecule has 2 heterocycles. The largest absolute Gasteiger partial charge is 0.326 e. The van der Waals surface area contributed by atoms with E-state index in [1.54, 1.807) is 0 Å². The number of unbranched alkanes of at least 4 members (excludes halogenated alkanes) is 1. The highest BCUT2D eigenvalue weighted by atomic mass is 16.2. The van der Waals surface area contributed by atoms with Gasteiger partial charge in [-0.2, -0.15) is 0 Å². The minimum Gasteiger partial charge on any atom is -0.326 e. The number of hydrogen-bond acceptors (Lipinski definition) is 3. The van der Waals surface area contributed by atoms with E-state index in [0.29, 0.717) is 5.91 Å². The normalized spacial score (nSPS) is 28.5. The monoisotopic (exact) mass is 267 g/mol. The Balaban J connectivity index is 1.71. The van der Waals surface area contributed by atoms with Crippen LogP contribution in [0.15, 0.2) is 0 Å². The summed E-state index contributed by atoms with van der Waals surface area (Å²) in [5, 5.41) is 3.43. The Morgan fingerprint density at radius 1 is 1.21 bits per heavy atom. The van der Waals surface area contributed by atoms with Gasteiger partial charge in [-0.25, -0.2) is 0 Å². The molecule has 0 aromatic carbocycles. The van der Waals surface area contributed by atoms with Crippen LogP contribution in [-0.2, 0) is 4.79 Å². The Bertz CT molecular complexity index is 289. The van der Waals surface area contributed by atoms with Gasteiger partial charge in [-0.3, -0.25) is 10.1 Å². The van der Waals surface area contributed by atoms with Gasteiger partial charge in [0.2, 0.25) is 5.91 Å². The summed E-state index contributed by atoms with van der Waals surface area (Å²) in [7, 11) is 0. The molecule has 1 amide bonds. The molecule has 2 rings (SSSR count). The maximum absolute atomic E-state index is 12.3. The zero-order chi connectivity index (χ0) is 13.7. The average Bonchev–Trinajstić information content (AvgIpc) is 2.99. The molecule has 2 saturated heterocycles. The molecule has 2 aliphatic heterocycles. The summed E-state index contributed by atoms with van der Waals surface area (Å²) in [4.78, 5) is 16.9. The minimum absolute atomic E-state index is 0.0711. The molecule has 0 aliphatic carbocycles. The van der Waals surface area contributed by atoms with Crippen LogP contribution in [0, 0.1) is 0 Å². The first kappa shape index (κ1) is 14.8. The van der Waals surface area contributed by atoms with E-state index in [9.17, 15) is 4.79 Å². The molecular weight excluding hydrogens is 238 g/mol. The molecule has 2 fully saturated rings. The van der Waals surface area contributed by atoms with Crippen LogP contribution in [0.3, 0.4) is 0 Å². The lowest BCUT2D eigenvalue weighted by Gasteiger charge is -2.22. The van der Waals surface area contributed by atoms with Crippen molar-refractivity contribution in [3.63, 3.8) is 0 Å². The molecule has 4 heteroatoms. The van der Waals surface area contributed by atoms with E-state index in [1.165, 1.54) is 25.9 Å². The third-order valence-corrected chi connectivity index (χ3v) is 4.41. The highest BCUT2D eigenvalue weighted by Crippen LogP contribution is 2.16. The van der Waals surface area contributed by atoms with E-state index in [2.05, 4.69) is 24.1 Å². The molecule has 0 aromatic heterocycles. The summed E-state index contributed by atoms with van der Waals surface area (Å²) < 4.78 is 0. The molecular formula is C15H29N3O. The molecule has 0 radical (unpaired) electrons. The summed E-state index contributed by atoms with van der Waals surface area (Å²) in [6, 6.07) is 0.0711. The predicted octanol–water partition coefficient (Wildman–Crippen LogP) is 1.81. The van der Waals surface area contributed by atoms with Gasteiger partial charge >= 0.3 is 0 Å². The molecule has 0 saturated carbocycles. The summed E-state index contributed by atoms with van der Waals surface area (Å²) >= 11 is 0. The molecule has 19 heavy (non-hydrogen) atoms. The molecule has 2 aliphatic rings. The molecule has 1 N–H and O–H groups in total. The van der Waals surface area contributed by atoms with Crippen molar-refractivity contribution in [3.05, 3.63) is 0 Å². The lowest BCUT2D eigenvalue weighted by Crippen LogP contribution is -2.36. The highest BCUT2D eigenvalue weighted by Gasteiger charge is 2.35. The Morgan fingerprint density at radius 3 is 2.63 bits per heavy atom. The summed E-state index contributed by atoms with van der Waals surface area (Å²) in [5.74, 6) is 0.322. The van der Waals surface area contributed by atoms with Gasteiger partial charge in [-0.05, 0) is 52.2 Å². The van der Waals surface area contributed by atoms with Crippen molar-refractivity contribution in [2.75, 3.05) is 26.2 Å². The van der Waals surface area contributed by atoms with Gasteiger partial charge in [0.25, 0.3) is 0 Å². The van der Waals surface area contributed by atoms with Gasteiger partial charge in [0.05, 0.1) is 12.2 Å². The van der Waals surface area contributed by atoms with E-state index < -0.39 is 0 Å². The quantitative estimate of drug-likeness (QED) is 0.764. The molecule has 2 atom stereocenters. The van der Waals surface area contributed by atoms with Crippen molar-refractivity contribution in [1.82, 2.24) is 15.1 Å². The van der Waals surface area contributed by atoms with Crippen LogP contribution < -0.4 is 5.32 Å². The SMILES string of the molecule is CCCCC1NC(C)N(CCCN2CCCC2)C1=O. The lowest BCUT2D eigenvalue weighted by atomic mass is 10.1. The fraction of sp³-hybridized carbons (Fsp3) is 0.933. The van der Waals surface area contributed by atoms with Crippen molar-refractivity contribution in [2.45, 2.75) is 64.6 Å². The minimum atomic E-state index is 0.0711. The maximum Gasteiger partial charge on any atom is 0.241 e. The first-order valence-corrected chi connectivity index (χ1v) is 8.01. The van der Waals surface area contributed by atoms with Gasteiger partial charge in [0.15, 0.2) is 0 Å². The van der Waals surface area contributed by atoms with Crippen LogP contribution in [0.25, 0.3) is 0 Å². The van der Waals surface area contributed by atoms with Crippen LogP contribution in [0.2, 0.25) is 0 Å².